The zero-order chi connectivity index (χ0) is 36.7. The quantitative estimate of drug-likeness (QED) is 0.168. The van der Waals surface area contributed by atoms with Crippen LogP contribution in [0.25, 0.3) is 71.6 Å². The number of hydrogen-bond acceptors (Lipinski definition) is 2. The number of rotatable bonds is 7. The molecule has 1 aromatic heterocycles. The van der Waals surface area contributed by atoms with Gasteiger partial charge in [0.25, 0.3) is 0 Å². The van der Waals surface area contributed by atoms with Crippen LogP contribution in [-0.2, 0) is 0 Å². The van der Waals surface area contributed by atoms with E-state index in [4.69, 9.17) is 5.73 Å². The molecule has 0 fully saturated rings. The Bertz CT molecular complexity index is 2900. The number of hydrogen-bond donors (Lipinski definition) is 1. The van der Waals surface area contributed by atoms with E-state index in [1.807, 2.05) is 12.1 Å². The van der Waals surface area contributed by atoms with Gasteiger partial charge in [0.2, 0.25) is 0 Å². The molecule has 10 aromatic rings. The molecule has 3 nitrogen and oxygen atoms in total. The van der Waals surface area contributed by atoms with Gasteiger partial charge in [-0.05, 0) is 105 Å². The Balaban J connectivity index is 1.04. The SMILES string of the molecule is Nc1ccc(-c2ccc(-n3c4ccccc4c4ccccc43)cc2-c2ccc(-c3ccc(N(c4ccccc4)c4cccc5ccccc45)cc3)cc2)cc1. The molecule has 2 N–H and O–H groups in total. The predicted octanol–water partition coefficient (Wildman–Crippen LogP) is 14.0. The number of nitrogens with two attached hydrogens (primary N) is 1. The maximum absolute atomic E-state index is 6.12. The summed E-state index contributed by atoms with van der Waals surface area (Å²) >= 11 is 0. The van der Waals surface area contributed by atoms with Crippen LogP contribution in [0.5, 0.6) is 0 Å². The third-order valence-corrected chi connectivity index (χ3v) is 10.7. The van der Waals surface area contributed by atoms with Crippen molar-refractivity contribution in [3.8, 4) is 39.1 Å². The molecule has 0 unspecified atom stereocenters. The highest BCUT2D eigenvalue weighted by Gasteiger charge is 2.17. The van der Waals surface area contributed by atoms with Gasteiger partial charge in [0.1, 0.15) is 0 Å². The Kier molecular flexibility index (Phi) is 7.96. The van der Waals surface area contributed by atoms with Gasteiger partial charge in [-0.3, -0.25) is 0 Å². The highest BCUT2D eigenvalue weighted by Crippen LogP contribution is 2.41. The Labute approximate surface area is 320 Å². The van der Waals surface area contributed by atoms with Crippen LogP contribution in [0.2, 0.25) is 0 Å². The molecule has 0 atom stereocenters. The summed E-state index contributed by atoms with van der Waals surface area (Å²) in [7, 11) is 0. The van der Waals surface area contributed by atoms with E-state index in [1.54, 1.807) is 0 Å². The van der Waals surface area contributed by atoms with E-state index < -0.39 is 0 Å². The minimum atomic E-state index is 0.756. The van der Waals surface area contributed by atoms with Gasteiger partial charge < -0.3 is 15.2 Å². The summed E-state index contributed by atoms with van der Waals surface area (Å²) in [6.07, 6.45) is 0. The highest BCUT2D eigenvalue weighted by atomic mass is 15.1. The van der Waals surface area contributed by atoms with Crippen LogP contribution < -0.4 is 10.6 Å². The van der Waals surface area contributed by atoms with E-state index in [9.17, 15) is 0 Å². The summed E-state index contributed by atoms with van der Waals surface area (Å²) in [5, 5.41) is 4.94. The summed E-state index contributed by atoms with van der Waals surface area (Å²) in [5.74, 6) is 0. The number of anilines is 4. The Morgan fingerprint density at radius 1 is 0.364 bits per heavy atom. The largest absolute Gasteiger partial charge is 0.399 e. The van der Waals surface area contributed by atoms with Gasteiger partial charge in [-0.25, -0.2) is 0 Å². The zero-order valence-corrected chi connectivity index (χ0v) is 30.2. The summed E-state index contributed by atoms with van der Waals surface area (Å²) in [6, 6.07) is 75.9. The van der Waals surface area contributed by atoms with Gasteiger partial charge in [-0.1, -0.05) is 146 Å². The molecule has 55 heavy (non-hydrogen) atoms. The Morgan fingerprint density at radius 3 is 1.56 bits per heavy atom. The monoisotopic (exact) mass is 703 g/mol. The summed E-state index contributed by atoms with van der Waals surface area (Å²) < 4.78 is 2.38. The van der Waals surface area contributed by atoms with Crippen molar-refractivity contribution in [1.82, 2.24) is 4.57 Å². The second-order valence-electron chi connectivity index (χ2n) is 14.0. The average Bonchev–Trinajstić information content (AvgIpc) is 3.59. The molecule has 260 valence electrons. The molecule has 0 aliphatic rings. The van der Waals surface area contributed by atoms with Crippen LogP contribution in [-0.4, -0.2) is 4.57 Å². The van der Waals surface area contributed by atoms with Crippen LogP contribution in [0.4, 0.5) is 22.7 Å². The van der Waals surface area contributed by atoms with Gasteiger partial charge in [0, 0.05) is 38.9 Å². The molecular weight excluding hydrogens is 667 g/mol. The van der Waals surface area contributed by atoms with Crippen molar-refractivity contribution >= 4 is 55.3 Å². The molecule has 0 aliphatic carbocycles. The fraction of sp³-hybridized carbons (Fsp3) is 0. The minimum Gasteiger partial charge on any atom is -0.399 e. The first kappa shape index (κ1) is 32.3. The molecule has 0 bridgehead atoms. The topological polar surface area (TPSA) is 34.2 Å². The lowest BCUT2D eigenvalue weighted by Gasteiger charge is -2.27. The third-order valence-electron chi connectivity index (χ3n) is 10.7. The lowest BCUT2D eigenvalue weighted by atomic mass is 9.92. The van der Waals surface area contributed by atoms with Gasteiger partial charge in [0.05, 0.1) is 16.7 Å². The third kappa shape index (κ3) is 5.80. The molecule has 0 saturated heterocycles. The second-order valence-corrected chi connectivity index (χ2v) is 14.0. The summed E-state index contributed by atoms with van der Waals surface area (Å²) in [6.45, 7) is 0. The van der Waals surface area contributed by atoms with E-state index >= 15 is 0 Å². The summed E-state index contributed by atoms with van der Waals surface area (Å²) in [4.78, 5) is 2.35. The number of nitrogen functional groups attached to an aromatic ring is 1. The second kappa shape index (κ2) is 13.6. The molecule has 0 amide bonds. The molecule has 0 spiro atoms. The maximum Gasteiger partial charge on any atom is 0.0541 e. The average molecular weight is 704 g/mol. The summed E-state index contributed by atoms with van der Waals surface area (Å²) in [5.41, 5.74) is 20.7. The lowest BCUT2D eigenvalue weighted by molar-refractivity contribution is 1.18. The molecule has 0 saturated carbocycles. The highest BCUT2D eigenvalue weighted by molar-refractivity contribution is 6.09. The van der Waals surface area contributed by atoms with Crippen molar-refractivity contribution in [1.29, 1.82) is 0 Å². The molecule has 0 radical (unpaired) electrons. The van der Waals surface area contributed by atoms with Crippen molar-refractivity contribution in [2.24, 2.45) is 0 Å². The van der Waals surface area contributed by atoms with Gasteiger partial charge in [-0.15, -0.1) is 0 Å². The van der Waals surface area contributed by atoms with Gasteiger partial charge in [0.15, 0.2) is 0 Å². The van der Waals surface area contributed by atoms with E-state index in [1.165, 1.54) is 49.3 Å². The first-order valence-corrected chi connectivity index (χ1v) is 18.7. The number of benzene rings is 9. The van der Waals surface area contributed by atoms with Crippen molar-refractivity contribution in [2.45, 2.75) is 0 Å². The van der Waals surface area contributed by atoms with E-state index in [2.05, 4.69) is 210 Å². The Morgan fingerprint density at radius 2 is 0.873 bits per heavy atom. The lowest BCUT2D eigenvalue weighted by Crippen LogP contribution is -2.10. The first-order valence-electron chi connectivity index (χ1n) is 18.7. The standard InChI is InChI=1S/C52H37N3/c53-41-29-25-39(26-30-41)45-34-33-44(55-51-18-8-6-16-47(51)48-17-7-9-19-52(48)55)35-49(45)40-23-21-36(22-24-40)37-27-31-43(32-28-37)54(42-13-2-1-3-14-42)50-20-10-12-38-11-4-5-15-46(38)50/h1-35H,53H2. The normalized spacial score (nSPS) is 11.3. The van der Waals surface area contributed by atoms with E-state index in [0.717, 1.165) is 45.1 Å². The van der Waals surface area contributed by atoms with Crippen LogP contribution in [0.3, 0.4) is 0 Å². The molecular formula is C52H37N3. The van der Waals surface area contributed by atoms with Crippen LogP contribution >= 0.6 is 0 Å². The van der Waals surface area contributed by atoms with Crippen molar-refractivity contribution in [3.05, 3.63) is 212 Å². The van der Waals surface area contributed by atoms with Crippen molar-refractivity contribution in [2.75, 3.05) is 10.6 Å². The van der Waals surface area contributed by atoms with Crippen molar-refractivity contribution < 1.29 is 0 Å². The minimum absolute atomic E-state index is 0.756. The molecule has 3 heteroatoms. The number of aromatic nitrogens is 1. The van der Waals surface area contributed by atoms with Crippen molar-refractivity contribution in [3.63, 3.8) is 0 Å². The van der Waals surface area contributed by atoms with Crippen LogP contribution in [0, 0.1) is 0 Å². The first-order chi connectivity index (χ1) is 27.2. The van der Waals surface area contributed by atoms with Gasteiger partial charge in [-0.2, -0.15) is 0 Å². The van der Waals surface area contributed by atoms with Crippen LogP contribution in [0.15, 0.2) is 212 Å². The Hall–Kier alpha value is -7.36. The fourth-order valence-corrected chi connectivity index (χ4v) is 8.08. The molecule has 10 rings (SSSR count). The number of nitrogens with zero attached hydrogens (tertiary/aromatic N) is 2. The van der Waals surface area contributed by atoms with E-state index in [0.29, 0.717) is 0 Å². The molecule has 1 heterocycles. The molecule has 9 aromatic carbocycles. The fourth-order valence-electron chi connectivity index (χ4n) is 8.08. The zero-order valence-electron chi connectivity index (χ0n) is 30.2. The van der Waals surface area contributed by atoms with E-state index in [-0.39, 0.29) is 0 Å². The van der Waals surface area contributed by atoms with Gasteiger partial charge >= 0.3 is 0 Å². The smallest absolute Gasteiger partial charge is 0.0541 e. The molecule has 0 aliphatic heterocycles. The number of fused-ring (bicyclic) bond motifs is 4. The van der Waals surface area contributed by atoms with Crippen LogP contribution in [0.1, 0.15) is 0 Å². The number of para-hydroxylation sites is 3. The predicted molar refractivity (Wildman–Crippen MR) is 234 cm³/mol. The maximum atomic E-state index is 6.12.